The van der Waals surface area contributed by atoms with E-state index in [9.17, 15) is 9.50 Å². The lowest BCUT2D eigenvalue weighted by Crippen LogP contribution is -2.02. The SMILES string of the molecule is C=C(CC)CC(O)c1c(F)cccc1Br. The van der Waals surface area contributed by atoms with E-state index in [4.69, 9.17) is 0 Å². The molecular formula is C12H14BrFO. The molecule has 1 aromatic rings. The smallest absolute Gasteiger partial charge is 0.130 e. The Morgan fingerprint density at radius 2 is 2.27 bits per heavy atom. The summed E-state index contributed by atoms with van der Waals surface area (Å²) in [6, 6.07) is 4.67. The van der Waals surface area contributed by atoms with Crippen LogP contribution in [-0.4, -0.2) is 5.11 Å². The Labute approximate surface area is 97.8 Å². The second-order valence-corrected chi connectivity index (χ2v) is 4.31. The van der Waals surface area contributed by atoms with Crippen molar-refractivity contribution in [3.05, 3.63) is 46.2 Å². The summed E-state index contributed by atoms with van der Waals surface area (Å²) in [6.45, 7) is 5.76. The molecule has 0 bridgehead atoms. The van der Waals surface area contributed by atoms with Gasteiger partial charge in [-0.15, -0.1) is 0 Å². The van der Waals surface area contributed by atoms with Gasteiger partial charge in [0.05, 0.1) is 6.10 Å². The van der Waals surface area contributed by atoms with Gasteiger partial charge in [0.1, 0.15) is 5.82 Å². The fourth-order valence-corrected chi connectivity index (χ4v) is 1.96. The highest BCUT2D eigenvalue weighted by Crippen LogP contribution is 2.30. The summed E-state index contributed by atoms with van der Waals surface area (Å²) in [6.07, 6.45) is 0.368. The number of aliphatic hydroxyl groups excluding tert-OH is 1. The number of hydrogen-bond donors (Lipinski definition) is 1. The second kappa shape index (κ2) is 5.42. The lowest BCUT2D eigenvalue weighted by molar-refractivity contribution is 0.172. The maximum atomic E-state index is 13.4. The maximum Gasteiger partial charge on any atom is 0.130 e. The van der Waals surface area contributed by atoms with E-state index in [2.05, 4.69) is 22.5 Å². The maximum absolute atomic E-state index is 13.4. The molecule has 0 aromatic heterocycles. The van der Waals surface area contributed by atoms with Crippen LogP contribution >= 0.6 is 15.9 Å². The first kappa shape index (κ1) is 12.4. The van der Waals surface area contributed by atoms with Gasteiger partial charge in [0.15, 0.2) is 0 Å². The molecule has 0 spiro atoms. The molecule has 15 heavy (non-hydrogen) atoms. The van der Waals surface area contributed by atoms with Crippen LogP contribution in [0.1, 0.15) is 31.4 Å². The zero-order valence-electron chi connectivity index (χ0n) is 8.63. The van der Waals surface area contributed by atoms with Crippen LogP contribution in [0.15, 0.2) is 34.8 Å². The third-order valence-electron chi connectivity index (χ3n) is 2.31. The number of halogens is 2. The Hall–Kier alpha value is -0.670. The summed E-state index contributed by atoms with van der Waals surface area (Å²) in [5.74, 6) is -0.388. The summed E-state index contributed by atoms with van der Waals surface area (Å²) in [7, 11) is 0. The molecule has 0 heterocycles. The van der Waals surface area contributed by atoms with Crippen LogP contribution in [0.5, 0.6) is 0 Å². The van der Waals surface area contributed by atoms with Gasteiger partial charge in [-0.05, 0) is 25.0 Å². The van der Waals surface area contributed by atoms with Crippen LogP contribution in [0.25, 0.3) is 0 Å². The van der Waals surface area contributed by atoms with Crippen molar-refractivity contribution in [1.29, 1.82) is 0 Å². The first-order valence-electron chi connectivity index (χ1n) is 4.84. The molecule has 1 nitrogen and oxygen atoms in total. The molecule has 0 aliphatic rings. The summed E-state index contributed by atoms with van der Waals surface area (Å²) >= 11 is 3.23. The molecule has 0 radical (unpaired) electrons. The number of hydrogen-bond acceptors (Lipinski definition) is 1. The van der Waals surface area contributed by atoms with Crippen LogP contribution in [0.3, 0.4) is 0 Å². The molecule has 82 valence electrons. The standard InChI is InChI=1S/C12H14BrFO/c1-3-8(2)7-11(15)12-9(13)5-4-6-10(12)14/h4-6,11,15H,2-3,7H2,1H3. The van der Waals surface area contributed by atoms with Gasteiger partial charge in [-0.1, -0.05) is 41.1 Å². The number of aliphatic hydroxyl groups is 1. The highest BCUT2D eigenvalue weighted by molar-refractivity contribution is 9.10. The molecule has 0 fully saturated rings. The summed E-state index contributed by atoms with van der Waals surface area (Å²) < 4.78 is 14.0. The monoisotopic (exact) mass is 272 g/mol. The van der Waals surface area contributed by atoms with Gasteiger partial charge in [-0.3, -0.25) is 0 Å². The summed E-state index contributed by atoms with van der Waals surface area (Å²) in [5, 5.41) is 9.85. The van der Waals surface area contributed by atoms with Gasteiger partial charge in [0.25, 0.3) is 0 Å². The van der Waals surface area contributed by atoms with Crippen LogP contribution in [-0.2, 0) is 0 Å². The molecule has 1 unspecified atom stereocenters. The van der Waals surface area contributed by atoms with Gasteiger partial charge < -0.3 is 5.11 Å². The zero-order valence-corrected chi connectivity index (χ0v) is 10.2. The van der Waals surface area contributed by atoms with Crippen molar-refractivity contribution in [1.82, 2.24) is 0 Å². The minimum absolute atomic E-state index is 0.312. The largest absolute Gasteiger partial charge is 0.388 e. The molecule has 0 saturated carbocycles. The third kappa shape index (κ3) is 3.14. The number of benzene rings is 1. The Kier molecular flexibility index (Phi) is 4.48. The highest BCUT2D eigenvalue weighted by Gasteiger charge is 2.16. The van der Waals surface area contributed by atoms with Crippen molar-refractivity contribution in [2.24, 2.45) is 0 Å². The third-order valence-corrected chi connectivity index (χ3v) is 3.01. The first-order chi connectivity index (χ1) is 7.06. The van der Waals surface area contributed by atoms with Gasteiger partial charge in [-0.2, -0.15) is 0 Å². The van der Waals surface area contributed by atoms with Crippen molar-refractivity contribution in [3.63, 3.8) is 0 Å². The molecule has 0 aliphatic carbocycles. The Balaban J connectivity index is 2.90. The van der Waals surface area contributed by atoms with Crippen LogP contribution in [0.4, 0.5) is 4.39 Å². The van der Waals surface area contributed by atoms with E-state index in [0.717, 1.165) is 12.0 Å². The average Bonchev–Trinajstić information content (AvgIpc) is 2.17. The average molecular weight is 273 g/mol. The van der Waals surface area contributed by atoms with E-state index in [1.807, 2.05) is 6.92 Å². The summed E-state index contributed by atoms with van der Waals surface area (Å²) in [4.78, 5) is 0. The van der Waals surface area contributed by atoms with Crippen LogP contribution in [0.2, 0.25) is 0 Å². The van der Waals surface area contributed by atoms with Crippen LogP contribution < -0.4 is 0 Å². The van der Waals surface area contributed by atoms with Gasteiger partial charge in [-0.25, -0.2) is 4.39 Å². The zero-order chi connectivity index (χ0) is 11.4. The Bertz CT molecular complexity index is 342. The molecule has 1 atom stereocenters. The van der Waals surface area contributed by atoms with Gasteiger partial charge in [0.2, 0.25) is 0 Å². The lowest BCUT2D eigenvalue weighted by Gasteiger charge is -2.14. The minimum atomic E-state index is -0.826. The van der Waals surface area contributed by atoms with Crippen molar-refractivity contribution >= 4 is 15.9 Å². The molecule has 3 heteroatoms. The molecular weight excluding hydrogens is 259 g/mol. The van der Waals surface area contributed by atoms with E-state index in [1.54, 1.807) is 12.1 Å². The normalized spacial score (nSPS) is 12.5. The topological polar surface area (TPSA) is 20.2 Å². The minimum Gasteiger partial charge on any atom is -0.388 e. The van der Waals surface area contributed by atoms with Gasteiger partial charge in [0, 0.05) is 10.0 Å². The molecule has 1 N–H and O–H groups in total. The van der Waals surface area contributed by atoms with E-state index in [0.29, 0.717) is 16.5 Å². The fourth-order valence-electron chi connectivity index (χ4n) is 1.35. The van der Waals surface area contributed by atoms with Gasteiger partial charge >= 0.3 is 0 Å². The predicted molar refractivity (Wildman–Crippen MR) is 63.1 cm³/mol. The molecule has 0 amide bonds. The van der Waals surface area contributed by atoms with E-state index in [1.165, 1.54) is 6.07 Å². The Morgan fingerprint density at radius 3 is 2.80 bits per heavy atom. The molecule has 0 saturated heterocycles. The van der Waals surface area contributed by atoms with Crippen molar-refractivity contribution in [2.45, 2.75) is 25.9 Å². The van der Waals surface area contributed by atoms with Crippen molar-refractivity contribution < 1.29 is 9.50 Å². The first-order valence-corrected chi connectivity index (χ1v) is 5.64. The highest BCUT2D eigenvalue weighted by atomic mass is 79.9. The van der Waals surface area contributed by atoms with Crippen molar-refractivity contribution in [3.8, 4) is 0 Å². The Morgan fingerprint density at radius 1 is 1.60 bits per heavy atom. The van der Waals surface area contributed by atoms with E-state index >= 15 is 0 Å². The predicted octanol–water partition coefficient (Wildman–Crippen LogP) is 3.98. The molecule has 1 aromatic carbocycles. The quantitative estimate of drug-likeness (QED) is 0.823. The van der Waals surface area contributed by atoms with Crippen molar-refractivity contribution in [2.75, 3.05) is 0 Å². The number of rotatable bonds is 4. The lowest BCUT2D eigenvalue weighted by atomic mass is 10.0. The molecule has 0 aliphatic heterocycles. The molecule has 1 rings (SSSR count). The van der Waals surface area contributed by atoms with Crippen LogP contribution in [0, 0.1) is 5.82 Å². The van der Waals surface area contributed by atoms with E-state index in [-0.39, 0.29) is 5.82 Å². The van der Waals surface area contributed by atoms with E-state index < -0.39 is 6.10 Å². The summed E-state index contributed by atoms with van der Waals surface area (Å²) in [5.41, 5.74) is 1.23. The second-order valence-electron chi connectivity index (χ2n) is 3.46. The fraction of sp³-hybridized carbons (Fsp3) is 0.333.